The van der Waals surface area contributed by atoms with Crippen molar-refractivity contribution in [3.8, 4) is 0 Å². The SMILES string of the molecule is CN=C(NCCN1CCCCC1)NCC1CCN(Cc2cccs2)CC1.I. The van der Waals surface area contributed by atoms with Gasteiger partial charge in [0.1, 0.15) is 0 Å². The van der Waals surface area contributed by atoms with Gasteiger partial charge in [-0.05, 0) is 69.2 Å². The highest BCUT2D eigenvalue weighted by atomic mass is 127. The third kappa shape index (κ3) is 8.25. The number of halogens is 1. The van der Waals surface area contributed by atoms with Gasteiger partial charge in [0.2, 0.25) is 0 Å². The molecule has 0 bridgehead atoms. The minimum absolute atomic E-state index is 0. The maximum Gasteiger partial charge on any atom is 0.191 e. The summed E-state index contributed by atoms with van der Waals surface area (Å²) in [7, 11) is 1.87. The molecule has 0 aromatic carbocycles. The number of likely N-dealkylation sites (tertiary alicyclic amines) is 2. The van der Waals surface area contributed by atoms with Gasteiger partial charge < -0.3 is 15.5 Å². The van der Waals surface area contributed by atoms with Crippen molar-refractivity contribution in [1.82, 2.24) is 20.4 Å². The highest BCUT2D eigenvalue weighted by Crippen LogP contribution is 2.20. The minimum atomic E-state index is 0. The molecule has 7 heteroatoms. The standard InChI is InChI=1S/C20H35N5S.HI/c1-21-20(22-9-14-24-10-3-2-4-11-24)23-16-18-7-12-25(13-8-18)17-19-6-5-15-26-19;/h5-6,15,18H,2-4,7-14,16-17H2,1H3,(H2,21,22,23);1H. The van der Waals surface area contributed by atoms with E-state index >= 15 is 0 Å². The number of guanidine groups is 1. The van der Waals surface area contributed by atoms with E-state index < -0.39 is 0 Å². The van der Waals surface area contributed by atoms with Crippen LogP contribution in [0.5, 0.6) is 0 Å². The van der Waals surface area contributed by atoms with Crippen molar-refractivity contribution >= 4 is 41.3 Å². The number of hydrogen-bond donors (Lipinski definition) is 2. The van der Waals surface area contributed by atoms with Gasteiger partial charge in [0.25, 0.3) is 0 Å². The lowest BCUT2D eigenvalue weighted by molar-refractivity contribution is 0.179. The Morgan fingerprint density at radius 1 is 1.11 bits per heavy atom. The van der Waals surface area contributed by atoms with Crippen molar-refractivity contribution in [2.45, 2.75) is 38.6 Å². The second-order valence-electron chi connectivity index (χ2n) is 7.58. The molecule has 0 aliphatic carbocycles. The van der Waals surface area contributed by atoms with Crippen molar-refractivity contribution < 1.29 is 0 Å². The highest BCUT2D eigenvalue weighted by Gasteiger charge is 2.19. The molecule has 2 aliphatic rings. The van der Waals surface area contributed by atoms with E-state index in [1.54, 1.807) is 0 Å². The van der Waals surface area contributed by atoms with E-state index in [1.165, 1.54) is 63.2 Å². The molecule has 3 heterocycles. The van der Waals surface area contributed by atoms with Crippen molar-refractivity contribution in [2.24, 2.45) is 10.9 Å². The molecule has 1 aromatic rings. The Bertz CT molecular complexity index is 522. The summed E-state index contributed by atoms with van der Waals surface area (Å²) in [5.74, 6) is 1.72. The topological polar surface area (TPSA) is 42.9 Å². The fourth-order valence-electron chi connectivity index (χ4n) is 3.95. The summed E-state index contributed by atoms with van der Waals surface area (Å²) < 4.78 is 0. The third-order valence-electron chi connectivity index (χ3n) is 5.62. The fourth-order valence-corrected chi connectivity index (χ4v) is 4.69. The van der Waals surface area contributed by atoms with Gasteiger partial charge in [-0.25, -0.2) is 0 Å². The van der Waals surface area contributed by atoms with Crippen molar-refractivity contribution in [3.05, 3.63) is 22.4 Å². The molecule has 5 nitrogen and oxygen atoms in total. The Balaban J connectivity index is 0.00000261. The van der Waals surface area contributed by atoms with Gasteiger partial charge in [0, 0.05) is 38.1 Å². The highest BCUT2D eigenvalue weighted by molar-refractivity contribution is 14.0. The van der Waals surface area contributed by atoms with E-state index in [9.17, 15) is 0 Å². The van der Waals surface area contributed by atoms with Crippen LogP contribution in [-0.2, 0) is 6.54 Å². The molecule has 0 amide bonds. The van der Waals surface area contributed by atoms with Crippen molar-refractivity contribution in [3.63, 3.8) is 0 Å². The lowest BCUT2D eigenvalue weighted by Gasteiger charge is -2.32. The van der Waals surface area contributed by atoms with Gasteiger partial charge >= 0.3 is 0 Å². The minimum Gasteiger partial charge on any atom is -0.356 e. The van der Waals surface area contributed by atoms with E-state index in [0.717, 1.165) is 38.1 Å². The van der Waals surface area contributed by atoms with Crippen LogP contribution in [0.15, 0.2) is 22.5 Å². The van der Waals surface area contributed by atoms with Gasteiger partial charge in [0.15, 0.2) is 5.96 Å². The van der Waals surface area contributed by atoms with Gasteiger partial charge in [-0.15, -0.1) is 35.3 Å². The lowest BCUT2D eigenvalue weighted by Crippen LogP contribution is -2.45. The van der Waals surface area contributed by atoms with E-state index in [1.807, 2.05) is 18.4 Å². The predicted molar refractivity (Wildman–Crippen MR) is 127 cm³/mol. The predicted octanol–water partition coefficient (Wildman–Crippen LogP) is 3.23. The molecule has 0 atom stereocenters. The molecule has 2 fully saturated rings. The van der Waals surface area contributed by atoms with Crippen LogP contribution in [0, 0.1) is 5.92 Å². The van der Waals surface area contributed by atoms with Crippen LogP contribution in [0.3, 0.4) is 0 Å². The quantitative estimate of drug-likeness (QED) is 0.339. The van der Waals surface area contributed by atoms with Crippen LogP contribution in [0.4, 0.5) is 0 Å². The second kappa shape index (κ2) is 13.0. The van der Waals surface area contributed by atoms with Crippen LogP contribution < -0.4 is 10.6 Å². The summed E-state index contributed by atoms with van der Waals surface area (Å²) in [6.07, 6.45) is 6.68. The molecular formula is C20H36IN5S. The summed E-state index contributed by atoms with van der Waals surface area (Å²) in [5, 5.41) is 9.20. The molecule has 27 heavy (non-hydrogen) atoms. The largest absolute Gasteiger partial charge is 0.356 e. The Morgan fingerprint density at radius 2 is 1.89 bits per heavy atom. The number of thiophene rings is 1. The zero-order valence-corrected chi connectivity index (χ0v) is 19.8. The molecule has 0 radical (unpaired) electrons. The van der Waals surface area contributed by atoms with Crippen LogP contribution in [0.1, 0.15) is 37.0 Å². The zero-order valence-electron chi connectivity index (χ0n) is 16.7. The summed E-state index contributed by atoms with van der Waals surface area (Å²) in [6.45, 7) is 9.22. The molecule has 0 unspecified atom stereocenters. The van der Waals surface area contributed by atoms with E-state index in [2.05, 4.69) is 42.9 Å². The Labute approximate surface area is 186 Å². The average Bonchev–Trinajstić information content (AvgIpc) is 3.19. The summed E-state index contributed by atoms with van der Waals surface area (Å²) in [6, 6.07) is 4.40. The van der Waals surface area contributed by atoms with Crippen molar-refractivity contribution in [1.29, 1.82) is 0 Å². The van der Waals surface area contributed by atoms with Gasteiger partial charge in [-0.2, -0.15) is 0 Å². The summed E-state index contributed by atoms with van der Waals surface area (Å²) in [4.78, 5) is 11.0. The molecule has 0 spiro atoms. The number of piperidine rings is 2. The van der Waals surface area contributed by atoms with Crippen LogP contribution >= 0.6 is 35.3 Å². The Morgan fingerprint density at radius 3 is 2.56 bits per heavy atom. The van der Waals surface area contributed by atoms with Crippen LogP contribution in [0.2, 0.25) is 0 Å². The maximum atomic E-state index is 4.39. The maximum absolute atomic E-state index is 4.39. The normalized spacial score (nSPS) is 20.3. The van der Waals surface area contributed by atoms with Crippen LogP contribution in [-0.4, -0.2) is 68.6 Å². The number of hydrogen-bond acceptors (Lipinski definition) is 4. The monoisotopic (exact) mass is 505 g/mol. The first-order valence-electron chi connectivity index (χ1n) is 10.2. The van der Waals surface area contributed by atoms with Gasteiger partial charge in [-0.1, -0.05) is 12.5 Å². The molecule has 154 valence electrons. The van der Waals surface area contributed by atoms with Crippen molar-refractivity contribution in [2.75, 3.05) is 52.9 Å². The Kier molecular flexibility index (Phi) is 11.0. The first-order chi connectivity index (χ1) is 12.8. The molecule has 1 aromatic heterocycles. The number of nitrogens with zero attached hydrogens (tertiary/aromatic N) is 3. The second-order valence-corrected chi connectivity index (χ2v) is 8.61. The van der Waals surface area contributed by atoms with E-state index in [-0.39, 0.29) is 24.0 Å². The van der Waals surface area contributed by atoms with Gasteiger partial charge in [0.05, 0.1) is 0 Å². The first kappa shape index (κ1) is 22.9. The number of rotatable bonds is 7. The molecule has 0 saturated carbocycles. The molecule has 3 rings (SSSR count). The smallest absolute Gasteiger partial charge is 0.191 e. The zero-order chi connectivity index (χ0) is 18.0. The molecule has 2 aliphatic heterocycles. The molecule has 2 N–H and O–H groups in total. The van der Waals surface area contributed by atoms with Crippen LogP contribution in [0.25, 0.3) is 0 Å². The molecular weight excluding hydrogens is 469 g/mol. The third-order valence-corrected chi connectivity index (χ3v) is 6.48. The van der Waals surface area contributed by atoms with E-state index in [0.29, 0.717) is 0 Å². The van der Waals surface area contributed by atoms with Gasteiger partial charge in [-0.3, -0.25) is 9.89 Å². The summed E-state index contributed by atoms with van der Waals surface area (Å²) in [5.41, 5.74) is 0. The number of aliphatic imine (C=N–C) groups is 1. The first-order valence-corrected chi connectivity index (χ1v) is 11.1. The Hall–Kier alpha value is -0.380. The van der Waals surface area contributed by atoms with E-state index in [4.69, 9.17) is 0 Å². The number of nitrogens with one attached hydrogen (secondary N) is 2. The molecule has 2 saturated heterocycles. The average molecular weight is 506 g/mol. The fraction of sp³-hybridized carbons (Fsp3) is 0.750. The lowest BCUT2D eigenvalue weighted by atomic mass is 9.97. The summed E-state index contributed by atoms with van der Waals surface area (Å²) >= 11 is 1.87.